The van der Waals surface area contributed by atoms with E-state index in [1.54, 1.807) is 18.2 Å². The first-order chi connectivity index (χ1) is 13.1. The third-order valence-corrected chi connectivity index (χ3v) is 6.04. The van der Waals surface area contributed by atoms with Gasteiger partial charge in [0.25, 0.3) is 5.91 Å². The monoisotopic (exact) mass is 421 g/mol. The lowest BCUT2D eigenvalue weighted by Gasteiger charge is -2.26. The lowest BCUT2D eigenvalue weighted by Crippen LogP contribution is -2.35. The van der Waals surface area contributed by atoms with E-state index in [9.17, 15) is 4.79 Å². The van der Waals surface area contributed by atoms with Gasteiger partial charge in [-0.2, -0.15) is 0 Å². The van der Waals surface area contributed by atoms with Gasteiger partial charge in [-0.3, -0.25) is 15.0 Å². The van der Waals surface area contributed by atoms with E-state index in [-0.39, 0.29) is 5.91 Å². The van der Waals surface area contributed by atoms with Gasteiger partial charge in [-0.05, 0) is 35.9 Å². The largest absolute Gasteiger partial charge is 0.379 e. The maximum absolute atomic E-state index is 12.4. The fourth-order valence-corrected chi connectivity index (χ4v) is 4.17. The fraction of sp³-hybridized carbons (Fsp3) is 0.263. The number of ether oxygens (including phenoxy) is 1. The van der Waals surface area contributed by atoms with Gasteiger partial charge in [0.15, 0.2) is 5.13 Å². The van der Waals surface area contributed by atoms with E-state index in [0.29, 0.717) is 20.7 Å². The minimum atomic E-state index is -0.263. The van der Waals surface area contributed by atoms with Gasteiger partial charge in [0, 0.05) is 25.2 Å². The molecule has 2 heterocycles. The summed E-state index contributed by atoms with van der Waals surface area (Å²) in [6.45, 7) is 4.36. The lowest BCUT2D eigenvalue weighted by atomic mass is 10.2. The van der Waals surface area contributed by atoms with Gasteiger partial charge in [0.2, 0.25) is 0 Å². The van der Waals surface area contributed by atoms with E-state index in [0.717, 1.165) is 43.1 Å². The molecule has 8 heteroatoms. The number of carbonyl (C=O) groups is 1. The highest BCUT2D eigenvalue weighted by atomic mass is 35.5. The molecule has 140 valence electrons. The van der Waals surface area contributed by atoms with Gasteiger partial charge < -0.3 is 4.74 Å². The highest BCUT2D eigenvalue weighted by Gasteiger charge is 2.14. The van der Waals surface area contributed by atoms with Gasteiger partial charge in [-0.25, -0.2) is 4.98 Å². The number of hydrogen-bond donors (Lipinski definition) is 1. The van der Waals surface area contributed by atoms with Crippen LogP contribution in [-0.4, -0.2) is 42.1 Å². The summed E-state index contributed by atoms with van der Waals surface area (Å²) < 4.78 is 6.44. The molecule has 0 atom stereocenters. The van der Waals surface area contributed by atoms with Crippen molar-refractivity contribution in [3.8, 4) is 0 Å². The molecule has 27 heavy (non-hydrogen) atoms. The topological polar surface area (TPSA) is 54.5 Å². The number of nitrogens with zero attached hydrogens (tertiary/aromatic N) is 2. The molecular weight excluding hydrogens is 405 g/mol. The van der Waals surface area contributed by atoms with Crippen molar-refractivity contribution in [3.63, 3.8) is 0 Å². The van der Waals surface area contributed by atoms with Crippen LogP contribution in [0.5, 0.6) is 0 Å². The molecule has 1 aromatic heterocycles. The molecule has 1 aliphatic heterocycles. The van der Waals surface area contributed by atoms with Crippen molar-refractivity contribution >= 4 is 55.8 Å². The number of carbonyl (C=O) groups excluding carboxylic acids is 1. The number of benzene rings is 2. The van der Waals surface area contributed by atoms with Crippen molar-refractivity contribution < 1.29 is 9.53 Å². The van der Waals surface area contributed by atoms with Crippen LogP contribution in [0.25, 0.3) is 10.2 Å². The van der Waals surface area contributed by atoms with Gasteiger partial charge in [0.1, 0.15) is 0 Å². The molecule has 0 unspecified atom stereocenters. The highest BCUT2D eigenvalue weighted by Crippen LogP contribution is 2.28. The van der Waals surface area contributed by atoms with Crippen LogP contribution in [-0.2, 0) is 11.3 Å². The molecule has 1 N–H and O–H groups in total. The molecule has 0 spiro atoms. The Morgan fingerprint density at radius 1 is 1.15 bits per heavy atom. The van der Waals surface area contributed by atoms with Crippen LogP contribution >= 0.6 is 34.5 Å². The third-order valence-electron chi connectivity index (χ3n) is 4.36. The Morgan fingerprint density at radius 2 is 1.96 bits per heavy atom. The second-order valence-corrected chi connectivity index (χ2v) is 8.14. The maximum atomic E-state index is 12.4. The highest BCUT2D eigenvalue weighted by molar-refractivity contribution is 7.22. The van der Waals surface area contributed by atoms with Crippen LogP contribution in [0.1, 0.15) is 15.9 Å². The first-order valence-electron chi connectivity index (χ1n) is 8.54. The number of aromatic nitrogens is 1. The van der Waals surface area contributed by atoms with E-state index >= 15 is 0 Å². The molecular formula is C19H17Cl2N3O2S. The molecule has 0 radical (unpaired) electrons. The van der Waals surface area contributed by atoms with Crippen molar-refractivity contribution in [1.29, 1.82) is 0 Å². The summed E-state index contributed by atoms with van der Waals surface area (Å²) in [6, 6.07) is 11.0. The number of halogens is 2. The molecule has 0 aliphatic carbocycles. The van der Waals surface area contributed by atoms with Crippen LogP contribution in [0.3, 0.4) is 0 Å². The van der Waals surface area contributed by atoms with Gasteiger partial charge >= 0.3 is 0 Å². The number of fused-ring (bicyclic) bond motifs is 1. The molecule has 3 aromatic rings. The maximum Gasteiger partial charge on any atom is 0.257 e. The normalized spacial score (nSPS) is 15.2. The predicted molar refractivity (Wildman–Crippen MR) is 110 cm³/mol. The second-order valence-electron chi connectivity index (χ2n) is 6.29. The van der Waals surface area contributed by atoms with Crippen LogP contribution in [0.2, 0.25) is 10.0 Å². The van der Waals surface area contributed by atoms with E-state index in [4.69, 9.17) is 27.9 Å². The van der Waals surface area contributed by atoms with Crippen LogP contribution in [0, 0.1) is 0 Å². The van der Waals surface area contributed by atoms with E-state index in [1.165, 1.54) is 16.9 Å². The molecule has 4 rings (SSSR count). The van der Waals surface area contributed by atoms with Gasteiger partial charge in [-0.1, -0.05) is 40.6 Å². The Morgan fingerprint density at radius 3 is 2.74 bits per heavy atom. The Labute approximate surface area is 170 Å². The molecule has 2 aromatic carbocycles. The first-order valence-corrected chi connectivity index (χ1v) is 10.1. The average molecular weight is 422 g/mol. The summed E-state index contributed by atoms with van der Waals surface area (Å²) in [7, 11) is 0. The fourth-order valence-electron chi connectivity index (χ4n) is 2.94. The number of rotatable bonds is 4. The Hall–Kier alpha value is -1.70. The van der Waals surface area contributed by atoms with Crippen LogP contribution < -0.4 is 5.32 Å². The van der Waals surface area contributed by atoms with Gasteiger partial charge in [0.05, 0.1) is 33.5 Å². The van der Waals surface area contributed by atoms with E-state index in [1.807, 2.05) is 6.07 Å². The molecule has 1 aliphatic rings. The summed E-state index contributed by atoms with van der Waals surface area (Å²) >= 11 is 13.3. The molecule has 0 bridgehead atoms. The first kappa shape index (κ1) is 18.7. The van der Waals surface area contributed by atoms with E-state index < -0.39 is 0 Å². The SMILES string of the molecule is O=C(Nc1nc2ccc(CN3CCOCC3)cc2s1)c1ccc(Cl)c(Cl)c1. The second kappa shape index (κ2) is 8.12. The van der Waals surface area contributed by atoms with Crippen molar-refractivity contribution in [1.82, 2.24) is 9.88 Å². The summed E-state index contributed by atoms with van der Waals surface area (Å²) in [5.74, 6) is -0.263. The summed E-state index contributed by atoms with van der Waals surface area (Å²) in [4.78, 5) is 19.3. The molecule has 0 saturated carbocycles. The molecule has 1 saturated heterocycles. The summed E-state index contributed by atoms with van der Waals surface area (Å²) in [6.07, 6.45) is 0. The lowest BCUT2D eigenvalue weighted by molar-refractivity contribution is 0.0342. The van der Waals surface area contributed by atoms with E-state index in [2.05, 4.69) is 27.3 Å². The van der Waals surface area contributed by atoms with Gasteiger partial charge in [-0.15, -0.1) is 0 Å². The summed E-state index contributed by atoms with van der Waals surface area (Å²) in [5, 5.41) is 4.16. The Bertz CT molecular complexity index is 986. The summed E-state index contributed by atoms with van der Waals surface area (Å²) in [5.41, 5.74) is 2.54. The number of morpholine rings is 1. The predicted octanol–water partition coefficient (Wildman–Crippen LogP) is 4.69. The van der Waals surface area contributed by atoms with Crippen molar-refractivity contribution in [2.75, 3.05) is 31.6 Å². The van der Waals surface area contributed by atoms with Crippen molar-refractivity contribution in [3.05, 3.63) is 57.6 Å². The Kier molecular flexibility index (Phi) is 5.61. The third kappa shape index (κ3) is 4.42. The number of thiazole rings is 1. The minimum absolute atomic E-state index is 0.263. The number of anilines is 1. The molecule has 1 fully saturated rings. The zero-order chi connectivity index (χ0) is 18.8. The van der Waals surface area contributed by atoms with Crippen molar-refractivity contribution in [2.24, 2.45) is 0 Å². The van der Waals surface area contributed by atoms with Crippen LogP contribution in [0.4, 0.5) is 5.13 Å². The Balaban J connectivity index is 1.49. The smallest absolute Gasteiger partial charge is 0.257 e. The van der Waals surface area contributed by atoms with Crippen molar-refractivity contribution in [2.45, 2.75) is 6.54 Å². The molecule has 5 nitrogen and oxygen atoms in total. The minimum Gasteiger partial charge on any atom is -0.379 e. The average Bonchev–Trinajstić information content (AvgIpc) is 3.06. The quantitative estimate of drug-likeness (QED) is 0.663. The number of amides is 1. The zero-order valence-corrected chi connectivity index (χ0v) is 16.7. The van der Waals surface area contributed by atoms with Crippen LogP contribution in [0.15, 0.2) is 36.4 Å². The molecule has 1 amide bonds. The zero-order valence-electron chi connectivity index (χ0n) is 14.4. The number of nitrogens with one attached hydrogen (secondary N) is 1. The number of hydrogen-bond acceptors (Lipinski definition) is 5. The standard InChI is InChI=1S/C19H17Cl2N3O2S/c20-14-3-2-13(10-15(14)21)18(25)23-19-22-16-4-1-12(9-17(16)27-19)11-24-5-7-26-8-6-24/h1-4,9-10H,5-8,11H2,(H,22,23,25).